The van der Waals surface area contributed by atoms with Crippen molar-refractivity contribution in [2.45, 2.75) is 26.1 Å². The summed E-state index contributed by atoms with van der Waals surface area (Å²) in [5.74, 6) is 0. The molecule has 0 aliphatic heterocycles. The van der Waals surface area contributed by atoms with Crippen molar-refractivity contribution in [2.75, 3.05) is 19.8 Å². The number of amides is 1. The summed E-state index contributed by atoms with van der Waals surface area (Å²) in [4.78, 5) is 12.1. The second-order valence-corrected chi connectivity index (χ2v) is 3.18. The number of ether oxygens (including phenoxy) is 1. The minimum absolute atomic E-state index is 0.0473. The third kappa shape index (κ3) is 6.16. The number of hydrogen-bond acceptors (Lipinski definition) is 3. The van der Waals surface area contributed by atoms with Crippen molar-refractivity contribution in [1.29, 1.82) is 0 Å². The Kier molecular flexibility index (Phi) is 5.41. The SMILES string of the molecule is CC(C)N(CCO)C(=O)OCC(F)(F)F. The highest BCUT2D eigenvalue weighted by Gasteiger charge is 2.31. The number of alkyl halides is 3. The van der Waals surface area contributed by atoms with E-state index >= 15 is 0 Å². The molecule has 0 aliphatic carbocycles. The highest BCUT2D eigenvalue weighted by atomic mass is 19.4. The van der Waals surface area contributed by atoms with Crippen LogP contribution in [-0.4, -0.2) is 48.1 Å². The molecule has 15 heavy (non-hydrogen) atoms. The summed E-state index contributed by atoms with van der Waals surface area (Å²) >= 11 is 0. The summed E-state index contributed by atoms with van der Waals surface area (Å²) in [5, 5.41) is 8.59. The molecule has 0 aromatic carbocycles. The molecule has 0 bridgehead atoms. The summed E-state index contributed by atoms with van der Waals surface area (Å²) in [5.41, 5.74) is 0. The Morgan fingerprint density at radius 1 is 1.47 bits per heavy atom. The van der Waals surface area contributed by atoms with E-state index in [9.17, 15) is 18.0 Å². The first kappa shape index (κ1) is 14.0. The number of aliphatic hydroxyl groups is 1. The van der Waals surface area contributed by atoms with E-state index < -0.39 is 18.9 Å². The summed E-state index contributed by atoms with van der Waals surface area (Å²) in [7, 11) is 0. The molecule has 0 atom stereocenters. The van der Waals surface area contributed by atoms with Crippen LogP contribution in [0.5, 0.6) is 0 Å². The van der Waals surface area contributed by atoms with Crippen molar-refractivity contribution in [3.8, 4) is 0 Å². The predicted octanol–water partition coefficient (Wildman–Crippen LogP) is 1.39. The summed E-state index contributed by atoms with van der Waals surface area (Å²) in [6.07, 6.45) is -5.60. The lowest BCUT2D eigenvalue weighted by Crippen LogP contribution is -2.40. The van der Waals surface area contributed by atoms with E-state index in [0.717, 1.165) is 4.90 Å². The molecule has 0 spiro atoms. The molecule has 0 aromatic heterocycles. The smallest absolute Gasteiger partial charge is 0.422 e. The summed E-state index contributed by atoms with van der Waals surface area (Å²) < 4.78 is 39.2. The van der Waals surface area contributed by atoms with Crippen LogP contribution < -0.4 is 0 Å². The van der Waals surface area contributed by atoms with Crippen LogP contribution >= 0.6 is 0 Å². The molecule has 1 amide bonds. The van der Waals surface area contributed by atoms with Gasteiger partial charge in [-0.2, -0.15) is 13.2 Å². The highest BCUT2D eigenvalue weighted by Crippen LogP contribution is 2.15. The van der Waals surface area contributed by atoms with E-state index in [4.69, 9.17) is 5.11 Å². The van der Waals surface area contributed by atoms with Gasteiger partial charge < -0.3 is 14.7 Å². The van der Waals surface area contributed by atoms with Crippen LogP contribution in [0.2, 0.25) is 0 Å². The van der Waals surface area contributed by atoms with Crippen molar-refractivity contribution >= 4 is 6.09 Å². The van der Waals surface area contributed by atoms with E-state index in [0.29, 0.717) is 0 Å². The molecular formula is C8H14F3NO3. The fraction of sp³-hybridized carbons (Fsp3) is 0.875. The number of halogens is 3. The molecular weight excluding hydrogens is 215 g/mol. The van der Waals surface area contributed by atoms with Gasteiger partial charge in [0.1, 0.15) is 0 Å². The number of hydrogen-bond donors (Lipinski definition) is 1. The largest absolute Gasteiger partial charge is 0.440 e. The van der Waals surface area contributed by atoms with Crippen LogP contribution in [0.4, 0.5) is 18.0 Å². The van der Waals surface area contributed by atoms with Gasteiger partial charge in [-0.25, -0.2) is 4.79 Å². The van der Waals surface area contributed by atoms with E-state index in [1.807, 2.05) is 0 Å². The maximum atomic E-state index is 11.7. The maximum absolute atomic E-state index is 11.7. The normalized spacial score (nSPS) is 11.7. The topological polar surface area (TPSA) is 49.8 Å². The van der Waals surface area contributed by atoms with Crippen molar-refractivity contribution in [3.05, 3.63) is 0 Å². The van der Waals surface area contributed by atoms with Crippen LogP contribution in [0.3, 0.4) is 0 Å². The third-order valence-corrected chi connectivity index (χ3v) is 1.56. The Bertz CT molecular complexity index is 206. The van der Waals surface area contributed by atoms with Gasteiger partial charge >= 0.3 is 12.3 Å². The summed E-state index contributed by atoms with van der Waals surface area (Å²) in [6, 6.07) is -0.321. The van der Waals surface area contributed by atoms with Crippen LogP contribution in [-0.2, 0) is 4.74 Å². The quantitative estimate of drug-likeness (QED) is 0.792. The first-order chi connectivity index (χ1) is 6.78. The molecule has 7 heteroatoms. The van der Waals surface area contributed by atoms with Gasteiger partial charge in [0, 0.05) is 12.6 Å². The fourth-order valence-electron chi connectivity index (χ4n) is 0.895. The Hall–Kier alpha value is -0.980. The zero-order valence-electron chi connectivity index (χ0n) is 8.54. The summed E-state index contributed by atoms with van der Waals surface area (Å²) in [6.45, 7) is 1.25. The molecule has 0 fully saturated rings. The van der Waals surface area contributed by atoms with Crippen molar-refractivity contribution < 1.29 is 27.8 Å². The Morgan fingerprint density at radius 2 is 2.00 bits per heavy atom. The van der Waals surface area contributed by atoms with Crippen molar-refractivity contribution in [1.82, 2.24) is 4.90 Å². The molecule has 0 aliphatic rings. The molecule has 0 radical (unpaired) electrons. The maximum Gasteiger partial charge on any atom is 0.422 e. The van der Waals surface area contributed by atoms with Gasteiger partial charge in [-0.15, -0.1) is 0 Å². The zero-order valence-corrected chi connectivity index (χ0v) is 8.54. The minimum Gasteiger partial charge on any atom is -0.440 e. The standard InChI is InChI=1S/C8H14F3NO3/c1-6(2)12(3-4-13)7(14)15-5-8(9,10)11/h6,13H,3-5H2,1-2H3. The van der Waals surface area contributed by atoms with E-state index in [1.54, 1.807) is 13.8 Å². The van der Waals surface area contributed by atoms with Crippen molar-refractivity contribution in [2.24, 2.45) is 0 Å². The third-order valence-electron chi connectivity index (χ3n) is 1.56. The molecule has 0 unspecified atom stereocenters. The van der Waals surface area contributed by atoms with Gasteiger partial charge in [0.2, 0.25) is 0 Å². The van der Waals surface area contributed by atoms with E-state index in [1.165, 1.54) is 0 Å². The zero-order chi connectivity index (χ0) is 12.1. The second kappa shape index (κ2) is 5.79. The molecule has 0 heterocycles. The fourth-order valence-corrected chi connectivity index (χ4v) is 0.895. The van der Waals surface area contributed by atoms with Gasteiger partial charge in [-0.1, -0.05) is 0 Å². The highest BCUT2D eigenvalue weighted by molar-refractivity contribution is 5.67. The monoisotopic (exact) mass is 229 g/mol. The molecule has 0 aromatic rings. The average molecular weight is 229 g/mol. The van der Waals surface area contributed by atoms with Crippen LogP contribution in [0.15, 0.2) is 0 Å². The van der Waals surface area contributed by atoms with E-state index in [2.05, 4.69) is 4.74 Å². The number of rotatable bonds is 4. The second-order valence-electron chi connectivity index (χ2n) is 3.18. The van der Waals surface area contributed by atoms with Gasteiger partial charge in [-0.3, -0.25) is 0 Å². The average Bonchev–Trinajstić information content (AvgIpc) is 2.08. The Labute approximate surface area is 85.6 Å². The van der Waals surface area contributed by atoms with Crippen LogP contribution in [0, 0.1) is 0 Å². The first-order valence-electron chi connectivity index (χ1n) is 4.39. The molecule has 90 valence electrons. The van der Waals surface area contributed by atoms with Crippen LogP contribution in [0.25, 0.3) is 0 Å². The molecule has 0 saturated carbocycles. The molecule has 1 N–H and O–H groups in total. The number of carbonyl (C=O) groups is 1. The van der Waals surface area contributed by atoms with E-state index in [-0.39, 0.29) is 19.2 Å². The lowest BCUT2D eigenvalue weighted by atomic mass is 10.3. The van der Waals surface area contributed by atoms with Gasteiger partial charge in [0.25, 0.3) is 0 Å². The number of carbonyl (C=O) groups excluding carboxylic acids is 1. The molecule has 4 nitrogen and oxygen atoms in total. The Morgan fingerprint density at radius 3 is 2.33 bits per heavy atom. The minimum atomic E-state index is -4.53. The Balaban J connectivity index is 4.15. The predicted molar refractivity (Wildman–Crippen MR) is 46.3 cm³/mol. The van der Waals surface area contributed by atoms with Gasteiger partial charge in [0.15, 0.2) is 6.61 Å². The molecule has 0 rings (SSSR count). The molecule has 0 saturated heterocycles. The van der Waals surface area contributed by atoms with Gasteiger partial charge in [-0.05, 0) is 13.8 Å². The van der Waals surface area contributed by atoms with Gasteiger partial charge in [0.05, 0.1) is 6.61 Å². The van der Waals surface area contributed by atoms with Crippen LogP contribution in [0.1, 0.15) is 13.8 Å². The lowest BCUT2D eigenvalue weighted by molar-refractivity contribution is -0.162. The number of aliphatic hydroxyl groups excluding tert-OH is 1. The lowest BCUT2D eigenvalue weighted by Gasteiger charge is -2.25. The number of nitrogens with zero attached hydrogens (tertiary/aromatic N) is 1. The first-order valence-corrected chi connectivity index (χ1v) is 4.39. The van der Waals surface area contributed by atoms with Crippen molar-refractivity contribution in [3.63, 3.8) is 0 Å².